The largest absolute Gasteiger partial charge is 0.379 e. The minimum absolute atomic E-state index is 0.140. The number of nitrogens with one attached hydrogen (secondary N) is 1. The maximum absolute atomic E-state index is 12.7. The third-order valence-corrected chi connectivity index (χ3v) is 10.1. The molecule has 160 valence electrons. The molecule has 0 saturated carbocycles. The highest BCUT2D eigenvalue weighted by molar-refractivity contribution is 8.19. The van der Waals surface area contributed by atoms with Gasteiger partial charge in [0.05, 0.1) is 22.7 Å². The Kier molecular flexibility index (Phi) is 7.05. The van der Waals surface area contributed by atoms with Gasteiger partial charge >= 0.3 is 0 Å². The molecule has 30 heavy (non-hydrogen) atoms. The van der Waals surface area contributed by atoms with Crippen LogP contribution in [0.4, 0.5) is 0 Å². The molecule has 2 aliphatic rings. The molecule has 0 spiro atoms. The van der Waals surface area contributed by atoms with Crippen LogP contribution in [-0.4, -0.2) is 56.4 Å². The number of amides is 1. The van der Waals surface area contributed by atoms with Crippen molar-refractivity contribution in [2.24, 2.45) is 0 Å². The van der Waals surface area contributed by atoms with E-state index in [2.05, 4.69) is 5.32 Å². The molecule has 2 aliphatic heterocycles. The van der Waals surface area contributed by atoms with Gasteiger partial charge in [0.15, 0.2) is 0 Å². The number of hydrogen-bond donors (Lipinski definition) is 1. The molecule has 0 radical (unpaired) electrons. The molecule has 0 unspecified atom stereocenters. The van der Waals surface area contributed by atoms with E-state index in [1.54, 1.807) is 24.3 Å². The Morgan fingerprint density at radius 1 is 1.00 bits per heavy atom. The van der Waals surface area contributed by atoms with Gasteiger partial charge in [-0.25, -0.2) is 8.42 Å². The lowest BCUT2D eigenvalue weighted by Crippen LogP contribution is -2.40. The lowest BCUT2D eigenvalue weighted by atomic mass is 10.1. The van der Waals surface area contributed by atoms with Gasteiger partial charge < -0.3 is 10.1 Å². The zero-order valence-electron chi connectivity index (χ0n) is 16.5. The number of carbonyl (C=O) groups is 1. The monoisotopic (exact) mass is 464 g/mol. The number of rotatable bonds is 6. The molecule has 0 bridgehead atoms. The molecule has 2 aromatic rings. The quantitative estimate of drug-likeness (QED) is 0.708. The molecule has 2 fully saturated rings. The summed E-state index contributed by atoms with van der Waals surface area (Å²) in [6.07, 6.45) is 0. The predicted molar refractivity (Wildman–Crippen MR) is 121 cm³/mol. The molecule has 2 aromatic carbocycles. The van der Waals surface area contributed by atoms with Crippen LogP contribution in [0.15, 0.2) is 53.4 Å². The number of hydrogen-bond acceptors (Lipinski definition) is 6. The SMILES string of the molecule is O=C(NCc1ccc(S(=O)(=O)N2CCOCC2)cc1)c1ccc(C2SCCS2)cc1. The first-order valence-electron chi connectivity index (χ1n) is 9.82. The van der Waals surface area contributed by atoms with Gasteiger partial charge in [-0.05, 0) is 35.4 Å². The average molecular weight is 465 g/mol. The Balaban J connectivity index is 1.34. The maximum atomic E-state index is 12.7. The van der Waals surface area contributed by atoms with Gasteiger partial charge in [0, 0.05) is 36.7 Å². The zero-order valence-corrected chi connectivity index (χ0v) is 18.9. The normalized spacial score (nSPS) is 18.4. The van der Waals surface area contributed by atoms with Gasteiger partial charge in [0.25, 0.3) is 5.91 Å². The second-order valence-corrected chi connectivity index (χ2v) is 11.7. The fourth-order valence-electron chi connectivity index (χ4n) is 3.34. The third kappa shape index (κ3) is 5.03. The number of thioether (sulfide) groups is 2. The number of morpholine rings is 1. The van der Waals surface area contributed by atoms with Gasteiger partial charge in [-0.3, -0.25) is 4.79 Å². The molecular formula is C21H24N2O4S3. The summed E-state index contributed by atoms with van der Waals surface area (Å²) in [5.74, 6) is 2.20. The van der Waals surface area contributed by atoms with E-state index in [1.807, 2.05) is 47.8 Å². The fraction of sp³-hybridized carbons (Fsp3) is 0.381. The minimum Gasteiger partial charge on any atom is -0.379 e. The average Bonchev–Trinajstić information content (AvgIpc) is 3.33. The van der Waals surface area contributed by atoms with Crippen molar-refractivity contribution in [3.8, 4) is 0 Å². The van der Waals surface area contributed by atoms with Gasteiger partial charge in [0.2, 0.25) is 10.0 Å². The topological polar surface area (TPSA) is 75.7 Å². The van der Waals surface area contributed by atoms with Crippen molar-refractivity contribution in [3.63, 3.8) is 0 Å². The lowest BCUT2D eigenvalue weighted by molar-refractivity contribution is 0.0730. The molecule has 1 amide bonds. The van der Waals surface area contributed by atoms with Crippen LogP contribution in [0, 0.1) is 0 Å². The van der Waals surface area contributed by atoms with Crippen molar-refractivity contribution < 1.29 is 17.9 Å². The molecule has 0 aromatic heterocycles. The van der Waals surface area contributed by atoms with E-state index in [1.165, 1.54) is 21.4 Å². The molecule has 6 nitrogen and oxygen atoms in total. The van der Waals surface area contributed by atoms with Crippen LogP contribution >= 0.6 is 23.5 Å². The summed E-state index contributed by atoms with van der Waals surface area (Å²) in [6, 6.07) is 14.4. The number of ether oxygens (including phenoxy) is 1. The van der Waals surface area contributed by atoms with Crippen molar-refractivity contribution in [1.82, 2.24) is 9.62 Å². The highest BCUT2D eigenvalue weighted by atomic mass is 32.2. The van der Waals surface area contributed by atoms with Gasteiger partial charge in [-0.1, -0.05) is 24.3 Å². The fourth-order valence-corrected chi connectivity index (χ4v) is 7.61. The second-order valence-electron chi connectivity index (χ2n) is 7.04. The molecule has 2 heterocycles. The van der Waals surface area contributed by atoms with Crippen molar-refractivity contribution in [2.75, 3.05) is 37.8 Å². The summed E-state index contributed by atoms with van der Waals surface area (Å²) >= 11 is 3.88. The van der Waals surface area contributed by atoms with Gasteiger partial charge in [-0.15, -0.1) is 23.5 Å². The number of sulfonamides is 1. The summed E-state index contributed by atoms with van der Waals surface area (Å²) in [5, 5.41) is 2.90. The summed E-state index contributed by atoms with van der Waals surface area (Å²) in [6.45, 7) is 1.92. The summed E-state index contributed by atoms with van der Waals surface area (Å²) in [7, 11) is -3.50. The highest BCUT2D eigenvalue weighted by Crippen LogP contribution is 2.45. The Morgan fingerprint density at radius 3 is 2.27 bits per heavy atom. The Labute approximate surface area is 185 Å². The standard InChI is InChI=1S/C21H24N2O4S3/c24-20(17-3-5-18(6-4-17)21-28-13-14-29-21)22-15-16-1-7-19(8-2-16)30(25,26)23-9-11-27-12-10-23/h1-8,21H,9-15H2,(H,22,24). The second kappa shape index (κ2) is 9.74. The zero-order chi connectivity index (χ0) is 21.0. The predicted octanol–water partition coefficient (Wildman–Crippen LogP) is 3.12. The first kappa shape index (κ1) is 21.7. The van der Waals surface area contributed by atoms with E-state index in [9.17, 15) is 13.2 Å². The molecule has 1 N–H and O–H groups in total. The first-order chi connectivity index (χ1) is 14.5. The van der Waals surface area contributed by atoms with E-state index < -0.39 is 10.0 Å². The molecule has 9 heteroatoms. The summed E-state index contributed by atoms with van der Waals surface area (Å²) in [5.41, 5.74) is 2.72. The first-order valence-corrected chi connectivity index (χ1v) is 13.4. The summed E-state index contributed by atoms with van der Waals surface area (Å²) in [4.78, 5) is 12.7. The van der Waals surface area contributed by atoms with Gasteiger partial charge in [-0.2, -0.15) is 4.31 Å². The summed E-state index contributed by atoms with van der Waals surface area (Å²) < 4.78 is 32.5. The number of carbonyl (C=O) groups excluding carboxylic acids is 1. The lowest BCUT2D eigenvalue weighted by Gasteiger charge is -2.26. The highest BCUT2D eigenvalue weighted by Gasteiger charge is 2.26. The van der Waals surface area contributed by atoms with Crippen LogP contribution in [-0.2, 0) is 21.3 Å². The van der Waals surface area contributed by atoms with Crippen LogP contribution in [0.3, 0.4) is 0 Å². The number of benzene rings is 2. The Morgan fingerprint density at radius 2 is 1.63 bits per heavy atom. The smallest absolute Gasteiger partial charge is 0.251 e. The van der Waals surface area contributed by atoms with Crippen LogP contribution in [0.25, 0.3) is 0 Å². The Hall–Kier alpha value is -1.52. The van der Waals surface area contributed by atoms with Crippen LogP contribution in [0.5, 0.6) is 0 Å². The molecule has 0 atom stereocenters. The van der Waals surface area contributed by atoms with E-state index in [-0.39, 0.29) is 10.8 Å². The van der Waals surface area contributed by atoms with Crippen LogP contribution in [0.1, 0.15) is 26.1 Å². The van der Waals surface area contributed by atoms with Gasteiger partial charge in [0.1, 0.15) is 0 Å². The molecule has 4 rings (SSSR count). The maximum Gasteiger partial charge on any atom is 0.251 e. The van der Waals surface area contributed by atoms with E-state index in [0.29, 0.717) is 43.0 Å². The molecular weight excluding hydrogens is 440 g/mol. The van der Waals surface area contributed by atoms with Crippen molar-refractivity contribution in [3.05, 3.63) is 65.2 Å². The van der Waals surface area contributed by atoms with E-state index >= 15 is 0 Å². The van der Waals surface area contributed by atoms with Crippen molar-refractivity contribution >= 4 is 39.5 Å². The van der Waals surface area contributed by atoms with E-state index in [0.717, 1.165) is 5.56 Å². The third-order valence-electron chi connectivity index (χ3n) is 5.05. The minimum atomic E-state index is -3.50. The molecule has 0 aliphatic carbocycles. The van der Waals surface area contributed by atoms with Crippen molar-refractivity contribution in [1.29, 1.82) is 0 Å². The van der Waals surface area contributed by atoms with Crippen molar-refractivity contribution in [2.45, 2.75) is 16.0 Å². The van der Waals surface area contributed by atoms with Crippen LogP contribution in [0.2, 0.25) is 0 Å². The van der Waals surface area contributed by atoms with Crippen LogP contribution < -0.4 is 5.32 Å². The molecule has 2 saturated heterocycles. The number of nitrogens with zero attached hydrogens (tertiary/aromatic N) is 1. The van der Waals surface area contributed by atoms with E-state index in [4.69, 9.17) is 4.74 Å². The Bertz CT molecular complexity index is 966.